The van der Waals surface area contributed by atoms with Gasteiger partial charge >= 0.3 is 0 Å². The van der Waals surface area contributed by atoms with E-state index < -0.39 is 11.6 Å². The number of anilines is 2. The zero-order valence-corrected chi connectivity index (χ0v) is 10.4. The van der Waals surface area contributed by atoms with Crippen molar-refractivity contribution in [3.05, 3.63) is 18.2 Å². The molecule has 0 bridgehead atoms. The van der Waals surface area contributed by atoms with Gasteiger partial charge in [-0.15, -0.1) is 0 Å². The van der Waals surface area contributed by atoms with Crippen molar-refractivity contribution >= 4 is 17.3 Å². The standard InChI is InChI=1S/C12H17FN2O2/c1-12(2,13)11(16)15-8-5-6-10(17-4)9(7-8)14-3/h5-7,14H,1-4H3,(H,15,16). The lowest BCUT2D eigenvalue weighted by atomic mass is 10.1. The summed E-state index contributed by atoms with van der Waals surface area (Å²) in [5, 5.41) is 5.43. The van der Waals surface area contributed by atoms with Gasteiger partial charge in [-0.25, -0.2) is 4.39 Å². The molecule has 0 unspecified atom stereocenters. The average molecular weight is 240 g/mol. The third-order valence-corrected chi connectivity index (χ3v) is 2.27. The fraction of sp³-hybridized carbons (Fsp3) is 0.417. The number of benzene rings is 1. The molecule has 2 N–H and O–H groups in total. The van der Waals surface area contributed by atoms with Crippen LogP contribution in [0.4, 0.5) is 15.8 Å². The number of hydrogen-bond acceptors (Lipinski definition) is 3. The second kappa shape index (κ2) is 5.03. The van der Waals surface area contributed by atoms with Gasteiger partial charge in [-0.1, -0.05) is 0 Å². The van der Waals surface area contributed by atoms with Crippen LogP contribution in [-0.4, -0.2) is 25.7 Å². The number of amides is 1. The molecule has 0 radical (unpaired) electrons. The van der Waals surface area contributed by atoms with E-state index in [1.165, 1.54) is 13.8 Å². The summed E-state index contributed by atoms with van der Waals surface area (Å²) in [5.41, 5.74) is -0.660. The van der Waals surface area contributed by atoms with Crippen LogP contribution in [-0.2, 0) is 4.79 Å². The summed E-state index contributed by atoms with van der Waals surface area (Å²) in [7, 11) is 3.29. The van der Waals surface area contributed by atoms with E-state index in [2.05, 4.69) is 10.6 Å². The molecule has 0 spiro atoms. The van der Waals surface area contributed by atoms with Crippen molar-refractivity contribution in [3.63, 3.8) is 0 Å². The minimum atomic E-state index is -1.90. The maximum atomic E-state index is 13.3. The SMILES string of the molecule is CNc1cc(NC(=O)C(C)(C)F)ccc1OC. The highest BCUT2D eigenvalue weighted by atomic mass is 19.1. The number of halogens is 1. The fourth-order valence-corrected chi connectivity index (χ4v) is 1.26. The van der Waals surface area contributed by atoms with Crippen LogP contribution >= 0.6 is 0 Å². The molecule has 0 aromatic heterocycles. The third kappa shape index (κ3) is 3.34. The number of ether oxygens (including phenoxy) is 1. The highest BCUT2D eigenvalue weighted by molar-refractivity contribution is 5.97. The Morgan fingerprint density at radius 3 is 2.53 bits per heavy atom. The largest absolute Gasteiger partial charge is 0.495 e. The molecule has 17 heavy (non-hydrogen) atoms. The van der Waals surface area contributed by atoms with E-state index in [4.69, 9.17) is 4.74 Å². The molecular formula is C12H17FN2O2. The van der Waals surface area contributed by atoms with Crippen molar-refractivity contribution in [1.29, 1.82) is 0 Å². The first kappa shape index (κ1) is 13.3. The molecule has 1 aromatic rings. The lowest BCUT2D eigenvalue weighted by Crippen LogP contribution is -2.32. The first-order chi connectivity index (χ1) is 7.88. The predicted molar refractivity (Wildman–Crippen MR) is 66.4 cm³/mol. The summed E-state index contributed by atoms with van der Waals surface area (Å²) in [5.74, 6) is -0.0188. The van der Waals surface area contributed by atoms with Gasteiger partial charge in [-0.2, -0.15) is 0 Å². The zero-order chi connectivity index (χ0) is 13.1. The summed E-state index contributed by atoms with van der Waals surface area (Å²) in [6.07, 6.45) is 0. The van der Waals surface area contributed by atoms with Crippen LogP contribution in [0, 0.1) is 0 Å². The van der Waals surface area contributed by atoms with E-state index in [9.17, 15) is 9.18 Å². The van der Waals surface area contributed by atoms with Gasteiger partial charge < -0.3 is 15.4 Å². The van der Waals surface area contributed by atoms with E-state index in [1.807, 2.05) is 0 Å². The summed E-state index contributed by atoms with van der Waals surface area (Å²) < 4.78 is 18.5. The Balaban J connectivity index is 2.90. The molecule has 0 aliphatic carbocycles. The molecule has 4 nitrogen and oxygen atoms in total. The quantitative estimate of drug-likeness (QED) is 0.849. The van der Waals surface area contributed by atoms with E-state index in [1.54, 1.807) is 32.4 Å². The number of hydrogen-bond donors (Lipinski definition) is 2. The molecule has 0 heterocycles. The lowest BCUT2D eigenvalue weighted by molar-refractivity contribution is -0.125. The van der Waals surface area contributed by atoms with E-state index >= 15 is 0 Å². The average Bonchev–Trinajstić information content (AvgIpc) is 2.27. The van der Waals surface area contributed by atoms with Gasteiger partial charge in [0, 0.05) is 12.7 Å². The smallest absolute Gasteiger partial charge is 0.261 e. The Labute approximate surface area is 100 Å². The van der Waals surface area contributed by atoms with E-state index in [-0.39, 0.29) is 0 Å². The lowest BCUT2D eigenvalue weighted by Gasteiger charge is -2.15. The highest BCUT2D eigenvalue weighted by Crippen LogP contribution is 2.27. The Bertz CT molecular complexity index is 413. The number of alkyl halides is 1. The molecule has 1 rings (SSSR count). The number of rotatable bonds is 4. The van der Waals surface area contributed by atoms with Crippen LogP contribution in [0.2, 0.25) is 0 Å². The van der Waals surface area contributed by atoms with Crippen LogP contribution in [0.1, 0.15) is 13.8 Å². The molecule has 0 aliphatic rings. The van der Waals surface area contributed by atoms with Crippen LogP contribution in [0.25, 0.3) is 0 Å². The molecule has 94 valence electrons. The Hall–Kier alpha value is -1.78. The van der Waals surface area contributed by atoms with Gasteiger partial charge in [-0.3, -0.25) is 4.79 Å². The van der Waals surface area contributed by atoms with Crippen molar-refractivity contribution in [1.82, 2.24) is 0 Å². The minimum Gasteiger partial charge on any atom is -0.495 e. The molecular weight excluding hydrogens is 223 g/mol. The molecule has 1 amide bonds. The maximum absolute atomic E-state index is 13.3. The minimum absolute atomic E-state index is 0.519. The molecule has 1 aromatic carbocycles. The molecule has 0 aliphatic heterocycles. The van der Waals surface area contributed by atoms with Gasteiger partial charge in [0.25, 0.3) is 5.91 Å². The summed E-state index contributed by atoms with van der Waals surface area (Å²) in [6.45, 7) is 2.43. The van der Waals surface area contributed by atoms with E-state index in [0.29, 0.717) is 11.4 Å². The Morgan fingerprint density at radius 1 is 1.41 bits per heavy atom. The highest BCUT2D eigenvalue weighted by Gasteiger charge is 2.26. The van der Waals surface area contributed by atoms with Gasteiger partial charge in [0.05, 0.1) is 12.8 Å². The number of methoxy groups -OCH3 is 1. The van der Waals surface area contributed by atoms with Crippen molar-refractivity contribution in [3.8, 4) is 5.75 Å². The van der Waals surface area contributed by atoms with Crippen molar-refractivity contribution < 1.29 is 13.9 Å². The summed E-state index contributed by atoms with van der Waals surface area (Å²) in [6, 6.07) is 5.04. The first-order valence-electron chi connectivity index (χ1n) is 5.24. The van der Waals surface area contributed by atoms with E-state index in [0.717, 1.165) is 5.69 Å². The fourth-order valence-electron chi connectivity index (χ4n) is 1.26. The van der Waals surface area contributed by atoms with Crippen molar-refractivity contribution in [2.24, 2.45) is 0 Å². The molecule has 0 atom stereocenters. The second-order valence-corrected chi connectivity index (χ2v) is 4.09. The van der Waals surface area contributed by atoms with Crippen LogP contribution in [0.5, 0.6) is 5.75 Å². The molecule has 0 saturated carbocycles. The maximum Gasteiger partial charge on any atom is 0.261 e. The van der Waals surface area contributed by atoms with Crippen LogP contribution < -0.4 is 15.4 Å². The Morgan fingerprint density at radius 2 is 2.06 bits per heavy atom. The monoisotopic (exact) mass is 240 g/mol. The number of carbonyl (C=O) groups is 1. The van der Waals surface area contributed by atoms with Crippen LogP contribution in [0.15, 0.2) is 18.2 Å². The Kier molecular flexibility index (Phi) is 3.93. The van der Waals surface area contributed by atoms with Gasteiger partial charge in [-0.05, 0) is 32.0 Å². The normalized spacial score (nSPS) is 10.9. The predicted octanol–water partition coefficient (Wildman–Crippen LogP) is 2.42. The van der Waals surface area contributed by atoms with Crippen molar-refractivity contribution in [2.75, 3.05) is 24.8 Å². The van der Waals surface area contributed by atoms with Crippen LogP contribution in [0.3, 0.4) is 0 Å². The molecule has 0 fully saturated rings. The molecule has 5 heteroatoms. The zero-order valence-electron chi connectivity index (χ0n) is 10.4. The van der Waals surface area contributed by atoms with Crippen molar-refractivity contribution in [2.45, 2.75) is 19.5 Å². The molecule has 0 saturated heterocycles. The number of nitrogens with one attached hydrogen (secondary N) is 2. The summed E-state index contributed by atoms with van der Waals surface area (Å²) >= 11 is 0. The van der Waals surface area contributed by atoms with Gasteiger partial charge in [0.2, 0.25) is 0 Å². The topological polar surface area (TPSA) is 50.4 Å². The van der Waals surface area contributed by atoms with Gasteiger partial charge in [0.15, 0.2) is 5.67 Å². The number of carbonyl (C=O) groups excluding carboxylic acids is 1. The van der Waals surface area contributed by atoms with Gasteiger partial charge in [0.1, 0.15) is 5.75 Å². The third-order valence-electron chi connectivity index (χ3n) is 2.27. The summed E-state index contributed by atoms with van der Waals surface area (Å²) in [4.78, 5) is 11.5. The second-order valence-electron chi connectivity index (χ2n) is 4.09. The first-order valence-corrected chi connectivity index (χ1v) is 5.24.